The number of hydrogen-bond donors (Lipinski definition) is 1. The molecule has 6 heteroatoms. The van der Waals surface area contributed by atoms with Crippen LogP contribution in [0.4, 0.5) is 4.39 Å². The Labute approximate surface area is 139 Å². The quantitative estimate of drug-likeness (QED) is 0.849. The van der Waals surface area contributed by atoms with Gasteiger partial charge in [-0.25, -0.2) is 4.39 Å². The van der Waals surface area contributed by atoms with Crippen molar-refractivity contribution >= 4 is 11.8 Å². The summed E-state index contributed by atoms with van der Waals surface area (Å²) < 4.78 is 18.3. The van der Waals surface area contributed by atoms with Crippen molar-refractivity contribution in [3.63, 3.8) is 0 Å². The lowest BCUT2D eigenvalue weighted by Gasteiger charge is -2.22. The normalized spacial score (nSPS) is 13.5. The van der Waals surface area contributed by atoms with Crippen molar-refractivity contribution in [1.82, 2.24) is 10.2 Å². The number of hydrogen-bond acceptors (Lipinski definition) is 3. The second-order valence-electron chi connectivity index (χ2n) is 5.87. The molecule has 0 spiro atoms. The molecule has 0 radical (unpaired) electrons. The molecule has 1 heterocycles. The lowest BCUT2D eigenvalue weighted by Crippen LogP contribution is -2.35. The number of amides is 2. The summed E-state index contributed by atoms with van der Waals surface area (Å²) in [7, 11) is 0. The van der Waals surface area contributed by atoms with E-state index in [1.165, 1.54) is 18.4 Å². The SMILES string of the molecule is O=C(NCCC(=O)N(Cc1cccc(F)c1)C1CC1)c1ccco1. The number of furan rings is 1. The zero-order chi connectivity index (χ0) is 16.9. The summed E-state index contributed by atoms with van der Waals surface area (Å²) in [5.41, 5.74) is 0.773. The van der Waals surface area contributed by atoms with Gasteiger partial charge in [-0.2, -0.15) is 0 Å². The van der Waals surface area contributed by atoms with Gasteiger partial charge < -0.3 is 14.6 Å². The van der Waals surface area contributed by atoms with Crippen LogP contribution in [0.5, 0.6) is 0 Å². The van der Waals surface area contributed by atoms with Crippen molar-refractivity contribution in [2.75, 3.05) is 6.54 Å². The Morgan fingerprint density at radius 1 is 1.25 bits per heavy atom. The second-order valence-corrected chi connectivity index (χ2v) is 5.87. The van der Waals surface area contributed by atoms with Gasteiger partial charge in [0, 0.05) is 25.6 Å². The predicted molar refractivity (Wildman–Crippen MR) is 85.6 cm³/mol. The molecule has 126 valence electrons. The highest BCUT2D eigenvalue weighted by Crippen LogP contribution is 2.29. The number of halogens is 1. The molecule has 0 unspecified atom stereocenters. The van der Waals surface area contributed by atoms with Crippen molar-refractivity contribution in [2.45, 2.75) is 31.8 Å². The van der Waals surface area contributed by atoms with Crippen molar-refractivity contribution < 1.29 is 18.4 Å². The standard InChI is InChI=1S/C18H19FN2O3/c19-14-4-1-3-13(11-14)12-21(15-6-7-15)17(22)8-9-20-18(23)16-5-2-10-24-16/h1-5,10-11,15H,6-9,12H2,(H,20,23). The number of carbonyl (C=O) groups excluding carboxylic acids is 2. The molecule has 1 saturated carbocycles. The summed E-state index contributed by atoms with van der Waals surface area (Å²) in [6.45, 7) is 0.637. The largest absolute Gasteiger partial charge is 0.459 e. The van der Waals surface area contributed by atoms with Gasteiger partial charge in [0.2, 0.25) is 5.91 Å². The highest BCUT2D eigenvalue weighted by Gasteiger charge is 2.32. The second kappa shape index (κ2) is 7.29. The van der Waals surface area contributed by atoms with E-state index in [2.05, 4.69) is 5.32 Å². The van der Waals surface area contributed by atoms with E-state index in [1.54, 1.807) is 23.1 Å². The van der Waals surface area contributed by atoms with Gasteiger partial charge in [-0.1, -0.05) is 12.1 Å². The third kappa shape index (κ3) is 4.22. The summed E-state index contributed by atoms with van der Waals surface area (Å²) in [6.07, 6.45) is 3.58. The van der Waals surface area contributed by atoms with Gasteiger partial charge in [-0.15, -0.1) is 0 Å². The molecule has 1 aromatic heterocycles. The Bertz CT molecular complexity index is 711. The topological polar surface area (TPSA) is 62.6 Å². The van der Waals surface area contributed by atoms with Crippen LogP contribution >= 0.6 is 0 Å². The first-order valence-corrected chi connectivity index (χ1v) is 7.99. The lowest BCUT2D eigenvalue weighted by molar-refractivity contribution is -0.132. The third-order valence-electron chi connectivity index (χ3n) is 3.92. The maximum atomic E-state index is 13.3. The van der Waals surface area contributed by atoms with Crippen LogP contribution in [0.2, 0.25) is 0 Å². The minimum Gasteiger partial charge on any atom is -0.459 e. The summed E-state index contributed by atoms with van der Waals surface area (Å²) in [4.78, 5) is 26.0. The van der Waals surface area contributed by atoms with Gasteiger partial charge in [0.1, 0.15) is 5.82 Å². The van der Waals surface area contributed by atoms with Crippen LogP contribution in [-0.4, -0.2) is 29.3 Å². The van der Waals surface area contributed by atoms with Gasteiger partial charge in [0.05, 0.1) is 6.26 Å². The number of rotatable bonds is 7. The smallest absolute Gasteiger partial charge is 0.286 e. The van der Waals surface area contributed by atoms with E-state index < -0.39 is 0 Å². The first-order valence-electron chi connectivity index (χ1n) is 7.99. The van der Waals surface area contributed by atoms with Gasteiger partial charge in [-0.05, 0) is 42.7 Å². The fourth-order valence-corrected chi connectivity index (χ4v) is 2.56. The number of nitrogens with zero attached hydrogens (tertiary/aromatic N) is 1. The lowest BCUT2D eigenvalue weighted by atomic mass is 10.2. The minimum atomic E-state index is -0.337. The zero-order valence-corrected chi connectivity index (χ0v) is 13.2. The summed E-state index contributed by atoms with van der Waals surface area (Å²) in [5, 5.41) is 2.66. The first-order chi connectivity index (χ1) is 11.6. The third-order valence-corrected chi connectivity index (χ3v) is 3.92. The Morgan fingerprint density at radius 2 is 2.08 bits per heavy atom. The van der Waals surface area contributed by atoms with E-state index in [4.69, 9.17) is 4.42 Å². The van der Waals surface area contributed by atoms with Crippen LogP contribution in [0.15, 0.2) is 47.1 Å². The molecule has 3 rings (SSSR count). The molecule has 2 aromatic rings. The number of nitrogens with one attached hydrogen (secondary N) is 1. The van der Waals surface area contributed by atoms with Crippen LogP contribution < -0.4 is 5.32 Å². The van der Waals surface area contributed by atoms with Crippen molar-refractivity contribution in [1.29, 1.82) is 0 Å². The van der Waals surface area contributed by atoms with Crippen LogP contribution in [0.1, 0.15) is 35.4 Å². The van der Waals surface area contributed by atoms with E-state index in [1.807, 2.05) is 6.07 Å². The fraction of sp³-hybridized carbons (Fsp3) is 0.333. The van der Waals surface area contributed by atoms with Crippen molar-refractivity contribution in [3.05, 3.63) is 59.8 Å². The highest BCUT2D eigenvalue weighted by atomic mass is 19.1. The average Bonchev–Trinajstić information content (AvgIpc) is 3.25. The molecule has 0 bridgehead atoms. The Morgan fingerprint density at radius 3 is 2.75 bits per heavy atom. The van der Waals surface area contributed by atoms with Crippen molar-refractivity contribution in [3.8, 4) is 0 Å². The zero-order valence-electron chi connectivity index (χ0n) is 13.2. The molecule has 0 aliphatic heterocycles. The molecule has 24 heavy (non-hydrogen) atoms. The highest BCUT2D eigenvalue weighted by molar-refractivity contribution is 5.91. The van der Waals surface area contributed by atoms with E-state index in [9.17, 15) is 14.0 Å². The average molecular weight is 330 g/mol. The fourth-order valence-electron chi connectivity index (χ4n) is 2.56. The van der Waals surface area contributed by atoms with Gasteiger partial charge in [-0.3, -0.25) is 9.59 Å². The van der Waals surface area contributed by atoms with Crippen LogP contribution in [-0.2, 0) is 11.3 Å². The number of carbonyl (C=O) groups is 2. The summed E-state index contributed by atoms with van der Waals surface area (Å²) >= 11 is 0. The first kappa shape index (κ1) is 16.2. The molecular weight excluding hydrogens is 311 g/mol. The molecule has 2 amide bonds. The van der Waals surface area contributed by atoms with Gasteiger partial charge in [0.15, 0.2) is 5.76 Å². The Balaban J connectivity index is 1.52. The van der Waals surface area contributed by atoms with Crippen LogP contribution in [0.3, 0.4) is 0 Å². The molecule has 1 N–H and O–H groups in total. The van der Waals surface area contributed by atoms with Crippen LogP contribution in [0, 0.1) is 5.82 Å². The molecule has 5 nitrogen and oxygen atoms in total. The molecule has 1 fully saturated rings. The molecular formula is C18H19FN2O3. The van der Waals surface area contributed by atoms with Gasteiger partial charge >= 0.3 is 0 Å². The Hall–Kier alpha value is -2.63. The molecule has 1 aliphatic rings. The molecule has 1 aliphatic carbocycles. The maximum absolute atomic E-state index is 13.3. The summed E-state index contributed by atoms with van der Waals surface area (Å²) in [6, 6.07) is 9.71. The van der Waals surface area contributed by atoms with Crippen molar-refractivity contribution in [2.24, 2.45) is 0 Å². The van der Waals surface area contributed by atoms with E-state index >= 15 is 0 Å². The van der Waals surface area contributed by atoms with Crippen LogP contribution in [0.25, 0.3) is 0 Å². The predicted octanol–water partition coefficient (Wildman–Crippen LogP) is 2.73. The molecule has 0 saturated heterocycles. The monoisotopic (exact) mass is 330 g/mol. The van der Waals surface area contributed by atoms with E-state index in [0.717, 1.165) is 18.4 Å². The van der Waals surface area contributed by atoms with E-state index in [-0.39, 0.29) is 42.4 Å². The minimum absolute atomic E-state index is 0.0403. The Kier molecular flexibility index (Phi) is 4.93. The maximum Gasteiger partial charge on any atom is 0.286 e. The molecule has 1 aromatic carbocycles. The number of benzene rings is 1. The summed E-state index contributed by atoms with van der Waals surface area (Å²) in [5.74, 6) is -0.458. The van der Waals surface area contributed by atoms with Gasteiger partial charge in [0.25, 0.3) is 5.91 Å². The molecule has 0 atom stereocenters. The van der Waals surface area contributed by atoms with E-state index in [0.29, 0.717) is 6.54 Å².